The van der Waals surface area contributed by atoms with Crippen LogP contribution in [-0.4, -0.2) is 42.1 Å². The molecule has 1 atom stereocenters. The van der Waals surface area contributed by atoms with Crippen LogP contribution in [0, 0.1) is 5.82 Å². The number of fused-ring (bicyclic) bond motifs is 2. The lowest BCUT2D eigenvalue weighted by Gasteiger charge is -2.42. The van der Waals surface area contributed by atoms with E-state index in [2.05, 4.69) is 9.98 Å². The van der Waals surface area contributed by atoms with Crippen molar-refractivity contribution < 1.29 is 22.3 Å². The number of carbonyl (C=O) groups is 1. The van der Waals surface area contributed by atoms with Crippen LogP contribution in [0.25, 0.3) is 0 Å². The van der Waals surface area contributed by atoms with Gasteiger partial charge in [0, 0.05) is 18.4 Å². The molecule has 0 saturated carbocycles. The molecule has 1 aromatic heterocycles. The van der Waals surface area contributed by atoms with Crippen molar-refractivity contribution in [1.82, 2.24) is 4.98 Å². The van der Waals surface area contributed by atoms with E-state index in [-0.39, 0.29) is 29.5 Å². The monoisotopic (exact) mass is 431 g/mol. The van der Waals surface area contributed by atoms with E-state index in [1.807, 2.05) is 0 Å². The van der Waals surface area contributed by atoms with Gasteiger partial charge in [-0.15, -0.1) is 0 Å². The number of nitrogens with two attached hydrogens (primary N) is 1. The van der Waals surface area contributed by atoms with Crippen molar-refractivity contribution in [3.05, 3.63) is 59.2 Å². The highest BCUT2D eigenvalue weighted by molar-refractivity contribution is 7.93. The van der Waals surface area contributed by atoms with Crippen molar-refractivity contribution in [1.29, 1.82) is 0 Å². The van der Waals surface area contributed by atoms with Crippen LogP contribution in [0.1, 0.15) is 41.9 Å². The fourth-order valence-corrected chi connectivity index (χ4v) is 5.49. The molecule has 2 N–H and O–H groups in total. The van der Waals surface area contributed by atoms with E-state index in [1.165, 1.54) is 12.1 Å². The standard InChI is InChI=1S/C21H22FN3O4S/c1-20(2)19(23)25-21(12-30(20,27)28)7-8-29-18-6-3-13(9-15(18)21)10-17(26)16-5-4-14(22)11-24-16/h3-6,9,11H,7-8,10,12H2,1-2H3,(H2,23,25)/t21-/m0/s1. The molecule has 30 heavy (non-hydrogen) atoms. The Bertz CT molecular complexity index is 1160. The van der Waals surface area contributed by atoms with Gasteiger partial charge in [0.1, 0.15) is 33.4 Å². The Balaban J connectivity index is 1.73. The number of aliphatic imine (C=N–C) groups is 1. The van der Waals surface area contributed by atoms with Crippen LogP contribution in [0.3, 0.4) is 0 Å². The molecular formula is C21H22FN3O4S. The fourth-order valence-electron chi connectivity index (χ4n) is 3.78. The summed E-state index contributed by atoms with van der Waals surface area (Å²) < 4.78 is 43.5. The maximum atomic E-state index is 13.1. The first-order chi connectivity index (χ1) is 14.0. The summed E-state index contributed by atoms with van der Waals surface area (Å²) in [6.07, 6.45) is 1.39. The van der Waals surface area contributed by atoms with E-state index in [1.54, 1.807) is 32.0 Å². The summed E-state index contributed by atoms with van der Waals surface area (Å²) in [5.41, 5.74) is 6.47. The number of sulfone groups is 1. The molecule has 1 spiro atoms. The fraction of sp³-hybridized carbons (Fsp3) is 0.381. The zero-order chi connectivity index (χ0) is 21.7. The molecule has 0 radical (unpaired) electrons. The molecule has 158 valence electrons. The maximum absolute atomic E-state index is 13.1. The van der Waals surface area contributed by atoms with E-state index in [0.717, 1.165) is 6.20 Å². The topological polar surface area (TPSA) is 112 Å². The Kier molecular flexibility index (Phi) is 4.68. The predicted molar refractivity (Wildman–Crippen MR) is 110 cm³/mol. The van der Waals surface area contributed by atoms with Crippen LogP contribution in [0.2, 0.25) is 0 Å². The molecule has 0 amide bonds. The highest BCUT2D eigenvalue weighted by Gasteiger charge is 2.52. The Hall–Kier alpha value is -2.81. The smallest absolute Gasteiger partial charge is 0.185 e. The number of aromatic nitrogens is 1. The van der Waals surface area contributed by atoms with E-state index in [0.29, 0.717) is 29.9 Å². The van der Waals surface area contributed by atoms with E-state index in [9.17, 15) is 17.6 Å². The minimum Gasteiger partial charge on any atom is -0.493 e. The van der Waals surface area contributed by atoms with Crippen LogP contribution in [0.4, 0.5) is 4.39 Å². The molecule has 2 aliphatic heterocycles. The minimum atomic E-state index is -3.57. The van der Waals surface area contributed by atoms with Gasteiger partial charge in [0.05, 0.1) is 18.6 Å². The van der Waals surface area contributed by atoms with Gasteiger partial charge in [0.15, 0.2) is 15.6 Å². The number of pyridine rings is 1. The highest BCUT2D eigenvalue weighted by Crippen LogP contribution is 2.45. The van der Waals surface area contributed by atoms with Crippen LogP contribution < -0.4 is 10.5 Å². The number of carbonyl (C=O) groups excluding carboxylic acids is 1. The molecule has 0 fully saturated rings. The van der Waals surface area contributed by atoms with Crippen molar-refractivity contribution in [2.75, 3.05) is 12.4 Å². The van der Waals surface area contributed by atoms with Crippen molar-refractivity contribution in [2.45, 2.75) is 37.0 Å². The van der Waals surface area contributed by atoms with Gasteiger partial charge >= 0.3 is 0 Å². The van der Waals surface area contributed by atoms with Crippen LogP contribution in [0.15, 0.2) is 41.5 Å². The molecule has 7 nitrogen and oxygen atoms in total. The van der Waals surface area contributed by atoms with Crippen molar-refractivity contribution in [2.24, 2.45) is 10.7 Å². The lowest BCUT2D eigenvalue weighted by Crippen LogP contribution is -2.56. The molecular weight excluding hydrogens is 409 g/mol. The number of rotatable bonds is 3. The summed E-state index contributed by atoms with van der Waals surface area (Å²) in [5, 5.41) is 0. The number of hydrogen-bond donors (Lipinski definition) is 1. The second-order valence-electron chi connectivity index (χ2n) is 8.19. The van der Waals surface area contributed by atoms with Crippen LogP contribution >= 0.6 is 0 Å². The maximum Gasteiger partial charge on any atom is 0.185 e. The van der Waals surface area contributed by atoms with E-state index < -0.39 is 25.9 Å². The van der Waals surface area contributed by atoms with E-state index in [4.69, 9.17) is 10.5 Å². The van der Waals surface area contributed by atoms with Gasteiger partial charge in [0.2, 0.25) is 0 Å². The number of ether oxygens (including phenoxy) is 1. The average molecular weight is 431 g/mol. The molecule has 1 aromatic carbocycles. The quantitative estimate of drug-likeness (QED) is 0.746. The summed E-state index contributed by atoms with van der Waals surface area (Å²) in [7, 11) is -3.57. The molecule has 9 heteroatoms. The SMILES string of the molecule is CC1(C)C(N)=N[C@@]2(CCOc3ccc(CC(=O)c4ccc(F)cn4)cc32)CS1(=O)=O. The summed E-state index contributed by atoms with van der Waals surface area (Å²) in [6, 6.07) is 7.73. The van der Waals surface area contributed by atoms with Gasteiger partial charge < -0.3 is 10.5 Å². The normalized spacial score (nSPS) is 23.9. The lowest BCUT2D eigenvalue weighted by molar-refractivity contribution is 0.0988. The third kappa shape index (κ3) is 3.27. The Labute approximate surface area is 174 Å². The average Bonchev–Trinajstić information content (AvgIpc) is 2.67. The Morgan fingerprint density at radius 3 is 2.70 bits per heavy atom. The molecule has 2 aliphatic rings. The summed E-state index contributed by atoms with van der Waals surface area (Å²) in [5.74, 6) is -0.374. The van der Waals surface area contributed by atoms with Gasteiger partial charge in [-0.05, 0) is 43.7 Å². The zero-order valence-corrected chi connectivity index (χ0v) is 17.5. The first kappa shape index (κ1) is 20.5. The van der Waals surface area contributed by atoms with Crippen LogP contribution in [-0.2, 0) is 21.8 Å². The molecule has 3 heterocycles. The van der Waals surface area contributed by atoms with Gasteiger partial charge in [-0.2, -0.15) is 0 Å². The Morgan fingerprint density at radius 1 is 1.27 bits per heavy atom. The van der Waals surface area contributed by atoms with Gasteiger partial charge in [0.25, 0.3) is 0 Å². The first-order valence-electron chi connectivity index (χ1n) is 9.53. The summed E-state index contributed by atoms with van der Waals surface area (Å²) >= 11 is 0. The number of amidine groups is 1. The highest BCUT2D eigenvalue weighted by atomic mass is 32.2. The van der Waals surface area contributed by atoms with Crippen molar-refractivity contribution >= 4 is 21.5 Å². The molecule has 2 aromatic rings. The van der Waals surface area contributed by atoms with Crippen molar-refractivity contribution in [3.63, 3.8) is 0 Å². The summed E-state index contributed by atoms with van der Waals surface area (Å²) in [6.45, 7) is 3.43. The minimum absolute atomic E-state index is 0.0272. The molecule has 0 unspecified atom stereocenters. The molecule has 0 saturated heterocycles. The number of benzene rings is 1. The number of Topliss-reactive ketones (excluding diaryl/α,β-unsaturated/α-hetero) is 1. The third-order valence-corrected chi connectivity index (χ3v) is 8.48. The number of hydrogen-bond acceptors (Lipinski definition) is 7. The second kappa shape index (κ2) is 6.87. The zero-order valence-electron chi connectivity index (χ0n) is 16.7. The van der Waals surface area contributed by atoms with Gasteiger partial charge in [-0.25, -0.2) is 12.8 Å². The molecule has 4 rings (SSSR count). The lowest BCUT2D eigenvalue weighted by atomic mass is 9.84. The largest absolute Gasteiger partial charge is 0.493 e. The first-order valence-corrected chi connectivity index (χ1v) is 11.2. The molecule has 0 bridgehead atoms. The third-order valence-electron chi connectivity index (χ3n) is 5.85. The Morgan fingerprint density at radius 2 is 2.03 bits per heavy atom. The number of ketones is 1. The number of nitrogens with zero attached hydrogens (tertiary/aromatic N) is 2. The van der Waals surface area contributed by atoms with E-state index >= 15 is 0 Å². The van der Waals surface area contributed by atoms with Gasteiger partial charge in [-0.1, -0.05) is 6.07 Å². The van der Waals surface area contributed by atoms with Crippen molar-refractivity contribution in [3.8, 4) is 5.75 Å². The second-order valence-corrected chi connectivity index (χ2v) is 10.7. The number of halogens is 1. The predicted octanol–water partition coefficient (Wildman–Crippen LogP) is 2.19. The van der Waals surface area contributed by atoms with Gasteiger partial charge in [-0.3, -0.25) is 14.8 Å². The molecule has 0 aliphatic carbocycles. The van der Waals surface area contributed by atoms with Crippen LogP contribution in [0.5, 0.6) is 5.75 Å². The summed E-state index contributed by atoms with van der Waals surface area (Å²) in [4.78, 5) is 21.0.